The summed E-state index contributed by atoms with van der Waals surface area (Å²) in [7, 11) is 0. The van der Waals surface area contributed by atoms with E-state index >= 15 is 0 Å². The van der Waals surface area contributed by atoms with Crippen LogP contribution in [-0.4, -0.2) is 29.5 Å². The van der Waals surface area contributed by atoms with Gasteiger partial charge in [-0.05, 0) is 32.8 Å². The van der Waals surface area contributed by atoms with Crippen molar-refractivity contribution in [3.63, 3.8) is 0 Å². The SMILES string of the molecule is CCOCCN[C@@H](C)c1cc2n(n1)CCC2. The molecule has 16 heavy (non-hydrogen) atoms. The van der Waals surface area contributed by atoms with E-state index in [0.29, 0.717) is 6.04 Å². The van der Waals surface area contributed by atoms with Gasteiger partial charge in [0.25, 0.3) is 0 Å². The molecule has 0 radical (unpaired) electrons. The van der Waals surface area contributed by atoms with Crippen LogP contribution in [0.2, 0.25) is 0 Å². The van der Waals surface area contributed by atoms with Crippen molar-refractivity contribution in [2.24, 2.45) is 0 Å². The smallest absolute Gasteiger partial charge is 0.0794 e. The topological polar surface area (TPSA) is 39.1 Å². The van der Waals surface area contributed by atoms with Crippen molar-refractivity contribution >= 4 is 0 Å². The summed E-state index contributed by atoms with van der Waals surface area (Å²) in [5.41, 5.74) is 2.54. The Morgan fingerprint density at radius 2 is 2.50 bits per heavy atom. The molecule has 0 spiro atoms. The van der Waals surface area contributed by atoms with Crippen LogP contribution in [0, 0.1) is 0 Å². The number of hydrogen-bond donors (Lipinski definition) is 1. The Labute approximate surface area is 97.0 Å². The summed E-state index contributed by atoms with van der Waals surface area (Å²) in [5, 5.41) is 8.02. The third-order valence-corrected chi connectivity index (χ3v) is 3.03. The van der Waals surface area contributed by atoms with Gasteiger partial charge in [0, 0.05) is 31.4 Å². The molecule has 4 nitrogen and oxygen atoms in total. The molecule has 0 saturated heterocycles. The quantitative estimate of drug-likeness (QED) is 0.743. The van der Waals surface area contributed by atoms with Gasteiger partial charge in [0.05, 0.1) is 12.3 Å². The number of rotatable bonds is 6. The van der Waals surface area contributed by atoms with Crippen LogP contribution in [-0.2, 0) is 17.7 Å². The molecule has 0 amide bonds. The van der Waals surface area contributed by atoms with E-state index in [1.807, 2.05) is 6.92 Å². The second-order valence-corrected chi connectivity index (χ2v) is 4.26. The van der Waals surface area contributed by atoms with Crippen molar-refractivity contribution < 1.29 is 4.74 Å². The van der Waals surface area contributed by atoms with Crippen LogP contribution < -0.4 is 5.32 Å². The van der Waals surface area contributed by atoms with Crippen LogP contribution in [0.25, 0.3) is 0 Å². The molecular weight excluding hydrogens is 202 g/mol. The molecule has 0 fully saturated rings. The van der Waals surface area contributed by atoms with Crippen LogP contribution in [0.5, 0.6) is 0 Å². The minimum Gasteiger partial charge on any atom is -0.380 e. The van der Waals surface area contributed by atoms with Crippen LogP contribution in [0.4, 0.5) is 0 Å². The van der Waals surface area contributed by atoms with Crippen molar-refractivity contribution in [3.05, 3.63) is 17.5 Å². The molecule has 90 valence electrons. The lowest BCUT2D eigenvalue weighted by Crippen LogP contribution is -2.23. The molecule has 1 aromatic rings. The van der Waals surface area contributed by atoms with Gasteiger partial charge in [0.1, 0.15) is 0 Å². The molecule has 1 N–H and O–H groups in total. The van der Waals surface area contributed by atoms with Gasteiger partial charge in [-0.1, -0.05) is 0 Å². The Morgan fingerprint density at radius 1 is 1.62 bits per heavy atom. The average Bonchev–Trinajstić information content (AvgIpc) is 2.83. The van der Waals surface area contributed by atoms with E-state index in [2.05, 4.69) is 28.1 Å². The van der Waals surface area contributed by atoms with Gasteiger partial charge in [-0.25, -0.2) is 0 Å². The van der Waals surface area contributed by atoms with Gasteiger partial charge in [0.15, 0.2) is 0 Å². The summed E-state index contributed by atoms with van der Waals surface area (Å²) >= 11 is 0. The van der Waals surface area contributed by atoms with Crippen molar-refractivity contribution in [3.8, 4) is 0 Å². The first-order valence-corrected chi connectivity index (χ1v) is 6.19. The predicted octanol–water partition coefficient (Wildman–Crippen LogP) is 1.52. The monoisotopic (exact) mass is 223 g/mol. The molecule has 4 heteroatoms. The lowest BCUT2D eigenvalue weighted by Gasteiger charge is -2.11. The third-order valence-electron chi connectivity index (χ3n) is 3.03. The van der Waals surface area contributed by atoms with Gasteiger partial charge in [0.2, 0.25) is 0 Å². The summed E-state index contributed by atoms with van der Waals surface area (Å²) < 4.78 is 7.43. The molecule has 0 saturated carbocycles. The Bertz CT molecular complexity index is 314. The molecule has 1 aliphatic heterocycles. The Hall–Kier alpha value is -0.870. The number of hydrogen-bond acceptors (Lipinski definition) is 3. The highest BCUT2D eigenvalue weighted by molar-refractivity contribution is 5.15. The second kappa shape index (κ2) is 5.46. The minimum absolute atomic E-state index is 0.318. The molecule has 0 bridgehead atoms. The summed E-state index contributed by atoms with van der Waals surface area (Å²) in [4.78, 5) is 0. The van der Waals surface area contributed by atoms with Gasteiger partial charge in [-0.2, -0.15) is 5.10 Å². The van der Waals surface area contributed by atoms with Gasteiger partial charge >= 0.3 is 0 Å². The maximum absolute atomic E-state index is 5.29. The van der Waals surface area contributed by atoms with Crippen LogP contribution in [0.15, 0.2) is 6.07 Å². The Kier molecular flexibility index (Phi) is 3.96. The number of aryl methyl sites for hydroxylation is 2. The molecule has 2 heterocycles. The molecule has 1 aliphatic rings. The van der Waals surface area contributed by atoms with Crippen LogP contribution in [0.1, 0.15) is 37.7 Å². The number of fused-ring (bicyclic) bond motifs is 1. The van der Waals surface area contributed by atoms with Crippen molar-refractivity contribution in [1.82, 2.24) is 15.1 Å². The number of aromatic nitrogens is 2. The number of ether oxygens (including phenoxy) is 1. The Morgan fingerprint density at radius 3 is 3.25 bits per heavy atom. The summed E-state index contributed by atoms with van der Waals surface area (Å²) in [5.74, 6) is 0. The summed E-state index contributed by atoms with van der Waals surface area (Å²) in [6.07, 6.45) is 2.42. The largest absolute Gasteiger partial charge is 0.380 e. The predicted molar refractivity (Wildman–Crippen MR) is 63.5 cm³/mol. The lowest BCUT2D eigenvalue weighted by atomic mass is 10.2. The molecule has 1 atom stereocenters. The number of nitrogens with one attached hydrogen (secondary N) is 1. The van der Waals surface area contributed by atoms with Crippen LogP contribution in [0.3, 0.4) is 0 Å². The molecule has 0 aromatic carbocycles. The molecule has 0 unspecified atom stereocenters. The van der Waals surface area contributed by atoms with Gasteiger partial charge < -0.3 is 10.1 Å². The fraction of sp³-hybridized carbons (Fsp3) is 0.750. The first kappa shape index (κ1) is 11.6. The van der Waals surface area contributed by atoms with E-state index in [1.165, 1.54) is 18.5 Å². The van der Waals surface area contributed by atoms with E-state index < -0.39 is 0 Å². The maximum Gasteiger partial charge on any atom is 0.0794 e. The van der Waals surface area contributed by atoms with E-state index in [9.17, 15) is 0 Å². The zero-order valence-corrected chi connectivity index (χ0v) is 10.2. The minimum atomic E-state index is 0.318. The first-order valence-electron chi connectivity index (χ1n) is 6.19. The zero-order valence-electron chi connectivity index (χ0n) is 10.2. The van der Waals surface area contributed by atoms with E-state index in [0.717, 1.165) is 32.0 Å². The van der Waals surface area contributed by atoms with E-state index in [1.54, 1.807) is 0 Å². The molecule has 2 rings (SSSR count). The standard InChI is InChI=1S/C12H21N3O/c1-3-16-8-6-13-10(2)12-9-11-5-4-7-15(11)14-12/h9-10,13H,3-8H2,1-2H3/t10-/m0/s1. The molecule has 0 aliphatic carbocycles. The van der Waals surface area contributed by atoms with E-state index in [4.69, 9.17) is 4.74 Å². The van der Waals surface area contributed by atoms with Crippen molar-refractivity contribution in [2.75, 3.05) is 19.8 Å². The average molecular weight is 223 g/mol. The van der Waals surface area contributed by atoms with E-state index in [-0.39, 0.29) is 0 Å². The number of nitrogens with zero attached hydrogens (tertiary/aromatic N) is 2. The fourth-order valence-electron chi connectivity index (χ4n) is 2.09. The highest BCUT2D eigenvalue weighted by Gasteiger charge is 2.16. The molecule has 1 aromatic heterocycles. The zero-order chi connectivity index (χ0) is 11.4. The highest BCUT2D eigenvalue weighted by Crippen LogP contribution is 2.18. The van der Waals surface area contributed by atoms with Crippen LogP contribution >= 0.6 is 0 Å². The van der Waals surface area contributed by atoms with Gasteiger partial charge in [-0.3, -0.25) is 4.68 Å². The summed E-state index contributed by atoms with van der Waals surface area (Å²) in [6, 6.07) is 2.55. The normalized spacial score (nSPS) is 16.4. The summed E-state index contributed by atoms with van der Waals surface area (Å²) in [6.45, 7) is 7.70. The molecular formula is C12H21N3O. The highest BCUT2D eigenvalue weighted by atomic mass is 16.5. The van der Waals surface area contributed by atoms with Crippen molar-refractivity contribution in [1.29, 1.82) is 0 Å². The third kappa shape index (κ3) is 2.62. The van der Waals surface area contributed by atoms with Crippen molar-refractivity contribution in [2.45, 2.75) is 39.3 Å². The fourth-order valence-corrected chi connectivity index (χ4v) is 2.09. The second-order valence-electron chi connectivity index (χ2n) is 4.26. The Balaban J connectivity index is 1.81. The maximum atomic E-state index is 5.29. The first-order chi connectivity index (χ1) is 7.81. The lowest BCUT2D eigenvalue weighted by molar-refractivity contribution is 0.147. The van der Waals surface area contributed by atoms with Gasteiger partial charge in [-0.15, -0.1) is 0 Å².